The summed E-state index contributed by atoms with van der Waals surface area (Å²) >= 11 is 0. The molecule has 0 saturated heterocycles. The van der Waals surface area contributed by atoms with Gasteiger partial charge in [0.2, 0.25) is 0 Å². The second-order valence-corrected chi connectivity index (χ2v) is 11.0. The largest absolute Gasteiger partial charge is 0.272 e. The van der Waals surface area contributed by atoms with Crippen molar-refractivity contribution in [2.45, 2.75) is 85.0 Å². The smallest absolute Gasteiger partial charge is 0.0602 e. The van der Waals surface area contributed by atoms with Crippen LogP contribution >= 0.6 is 0 Å². The molecule has 0 aromatic carbocycles. The van der Waals surface area contributed by atoms with E-state index in [-0.39, 0.29) is 5.41 Å². The molecule has 0 N–H and O–H groups in total. The molecule has 1 aromatic rings. The fraction of sp³-hybridized carbons (Fsp3) is 0.800. The van der Waals surface area contributed by atoms with Crippen molar-refractivity contribution in [1.29, 1.82) is 0 Å². The lowest BCUT2D eigenvalue weighted by atomic mass is 9.45. The number of nitrogens with zero attached hydrogens (tertiary/aromatic N) is 4. The Morgan fingerprint density at radius 1 is 1.07 bits per heavy atom. The Bertz CT molecular complexity index is 836. The van der Waals surface area contributed by atoms with Gasteiger partial charge in [0, 0.05) is 29.4 Å². The molecule has 0 unspecified atom stereocenters. The molecule has 0 bridgehead atoms. The van der Waals surface area contributed by atoms with Crippen molar-refractivity contribution in [2.24, 2.45) is 51.8 Å². The van der Waals surface area contributed by atoms with Crippen LogP contribution in [0.2, 0.25) is 0 Å². The predicted octanol–water partition coefficient (Wildman–Crippen LogP) is 5.94. The van der Waals surface area contributed by atoms with Gasteiger partial charge in [-0.1, -0.05) is 26.7 Å². The van der Waals surface area contributed by atoms with Crippen molar-refractivity contribution in [3.05, 3.63) is 17.5 Å². The molecule has 4 saturated carbocycles. The van der Waals surface area contributed by atoms with Crippen molar-refractivity contribution in [3.8, 4) is 0 Å². The minimum atomic E-state index is 0.278. The third-order valence-corrected chi connectivity index (χ3v) is 9.97. The Kier molecular flexibility index (Phi) is 4.75. The summed E-state index contributed by atoms with van der Waals surface area (Å²) in [5.74, 6) is 3.71. The third-order valence-electron chi connectivity index (χ3n) is 9.97. The van der Waals surface area contributed by atoms with E-state index in [9.17, 15) is 0 Å². The summed E-state index contributed by atoms with van der Waals surface area (Å²) in [5, 5.41) is 13.6. The Balaban J connectivity index is 1.37. The van der Waals surface area contributed by atoms with Gasteiger partial charge < -0.3 is 0 Å². The van der Waals surface area contributed by atoms with E-state index in [0.717, 1.165) is 41.3 Å². The third kappa shape index (κ3) is 2.96. The number of fused-ring (bicyclic) bond motifs is 5. The molecule has 4 heteroatoms. The molecular weight excluding hydrogens is 356 g/mol. The summed E-state index contributed by atoms with van der Waals surface area (Å²) in [6.07, 6.45) is 17.9. The maximum Gasteiger partial charge on any atom is 0.0602 e. The summed E-state index contributed by atoms with van der Waals surface area (Å²) < 4.78 is 1.89. The first-order valence-electron chi connectivity index (χ1n) is 12.0. The van der Waals surface area contributed by atoms with E-state index in [2.05, 4.69) is 31.0 Å². The van der Waals surface area contributed by atoms with E-state index in [1.165, 1.54) is 63.5 Å². The van der Waals surface area contributed by atoms with Gasteiger partial charge in [0.05, 0.1) is 12.4 Å². The second-order valence-electron chi connectivity index (χ2n) is 11.0. The first-order valence-corrected chi connectivity index (χ1v) is 12.0. The molecule has 1 heterocycles. The summed E-state index contributed by atoms with van der Waals surface area (Å²) in [7, 11) is 1.97. The first kappa shape index (κ1) is 19.5. The van der Waals surface area contributed by atoms with E-state index in [4.69, 9.17) is 5.10 Å². The van der Waals surface area contributed by atoms with E-state index in [0.29, 0.717) is 5.41 Å². The van der Waals surface area contributed by atoms with Gasteiger partial charge in [-0.3, -0.25) is 4.68 Å². The molecular formula is C25H38N4. The van der Waals surface area contributed by atoms with Crippen LogP contribution in [0.5, 0.6) is 0 Å². The molecule has 5 rings (SSSR count). The van der Waals surface area contributed by atoms with Crippen LogP contribution < -0.4 is 0 Å². The van der Waals surface area contributed by atoms with E-state index in [1.54, 1.807) is 0 Å². The summed E-state index contributed by atoms with van der Waals surface area (Å²) in [6, 6.07) is 0. The van der Waals surface area contributed by atoms with Crippen LogP contribution in [0.1, 0.15) is 89.3 Å². The van der Waals surface area contributed by atoms with E-state index >= 15 is 0 Å². The quantitative estimate of drug-likeness (QED) is 0.452. The van der Waals surface area contributed by atoms with Crippen LogP contribution in [-0.4, -0.2) is 21.7 Å². The molecule has 1 aromatic heterocycles. The van der Waals surface area contributed by atoms with Crippen LogP contribution in [0, 0.1) is 41.4 Å². The van der Waals surface area contributed by atoms with Crippen LogP contribution in [0.4, 0.5) is 0 Å². The molecule has 158 valence electrons. The Morgan fingerprint density at radius 2 is 1.93 bits per heavy atom. The molecule has 6 atom stereocenters. The molecule has 0 radical (unpaired) electrons. The molecule has 4 nitrogen and oxygen atoms in total. The van der Waals surface area contributed by atoms with Gasteiger partial charge in [0.25, 0.3) is 0 Å². The van der Waals surface area contributed by atoms with Gasteiger partial charge >= 0.3 is 0 Å². The fourth-order valence-corrected chi connectivity index (χ4v) is 8.05. The molecule has 4 aliphatic rings. The lowest BCUT2D eigenvalue weighted by molar-refractivity contribution is -0.0936. The zero-order valence-electron chi connectivity index (χ0n) is 18.8. The number of rotatable bonds is 2. The van der Waals surface area contributed by atoms with Crippen molar-refractivity contribution in [1.82, 2.24) is 9.78 Å². The average Bonchev–Trinajstić information content (AvgIpc) is 3.21. The molecule has 29 heavy (non-hydrogen) atoms. The zero-order valence-corrected chi connectivity index (χ0v) is 18.8. The number of hydrogen-bond donors (Lipinski definition) is 0. The highest BCUT2D eigenvalue weighted by Gasteiger charge is 2.58. The molecule has 0 spiro atoms. The topological polar surface area (TPSA) is 42.5 Å². The predicted molar refractivity (Wildman–Crippen MR) is 119 cm³/mol. The SMILES string of the molecule is Cc1c(/C=N\N=C2/CC[C@@H]3[C@H]4CC[C@H]5CCCC[C@]5(C)[C@@H]4CC[C@@]23C)cnn1C. The summed E-state index contributed by atoms with van der Waals surface area (Å²) in [6.45, 7) is 7.26. The van der Waals surface area contributed by atoms with Crippen molar-refractivity contribution in [2.75, 3.05) is 0 Å². The van der Waals surface area contributed by atoms with Crippen molar-refractivity contribution < 1.29 is 0 Å². The summed E-state index contributed by atoms with van der Waals surface area (Å²) in [4.78, 5) is 0. The first-order chi connectivity index (χ1) is 13.9. The maximum absolute atomic E-state index is 4.81. The lowest BCUT2D eigenvalue weighted by Gasteiger charge is -2.59. The number of aryl methyl sites for hydroxylation is 1. The van der Waals surface area contributed by atoms with Gasteiger partial charge in [-0.25, -0.2) is 0 Å². The molecule has 4 aliphatic carbocycles. The highest BCUT2D eigenvalue weighted by molar-refractivity contribution is 5.93. The average molecular weight is 395 g/mol. The van der Waals surface area contributed by atoms with Crippen LogP contribution in [0.25, 0.3) is 0 Å². The molecule has 0 aliphatic heterocycles. The van der Waals surface area contributed by atoms with Crippen LogP contribution in [0.3, 0.4) is 0 Å². The second kappa shape index (κ2) is 7.06. The van der Waals surface area contributed by atoms with Gasteiger partial charge in [0.15, 0.2) is 0 Å². The van der Waals surface area contributed by atoms with Crippen LogP contribution in [-0.2, 0) is 7.05 Å². The van der Waals surface area contributed by atoms with Crippen molar-refractivity contribution >= 4 is 11.9 Å². The van der Waals surface area contributed by atoms with Gasteiger partial charge in [-0.05, 0) is 87.4 Å². The van der Waals surface area contributed by atoms with Gasteiger partial charge in [-0.2, -0.15) is 15.3 Å². The Labute approximate surface area is 176 Å². The molecule has 0 amide bonds. The number of aromatic nitrogens is 2. The summed E-state index contributed by atoms with van der Waals surface area (Å²) in [5.41, 5.74) is 4.49. The molecule has 4 fully saturated rings. The maximum atomic E-state index is 4.81. The van der Waals surface area contributed by atoms with E-state index < -0.39 is 0 Å². The minimum absolute atomic E-state index is 0.278. The van der Waals surface area contributed by atoms with E-state index in [1.807, 2.05) is 24.1 Å². The zero-order chi connectivity index (χ0) is 20.2. The number of hydrogen-bond acceptors (Lipinski definition) is 3. The monoisotopic (exact) mass is 394 g/mol. The Hall–Kier alpha value is -1.45. The lowest BCUT2D eigenvalue weighted by Crippen LogP contribution is -2.52. The Morgan fingerprint density at radius 3 is 2.72 bits per heavy atom. The standard InChI is InChI=1S/C25H38N4/c1-17-18(16-27-29(17)4)15-26-28-23-11-10-21-20-9-8-19-7-5-6-13-24(19,2)22(20)12-14-25(21,23)3/h15-16,19-22H,5-14H2,1-4H3/b26-15-,28-23+/t19-,20-,21-,22-,24+,25-/m1/s1. The highest BCUT2D eigenvalue weighted by atomic mass is 15.3. The normalized spacial score (nSPS) is 43.4. The fourth-order valence-electron chi connectivity index (χ4n) is 8.05. The van der Waals surface area contributed by atoms with Crippen molar-refractivity contribution in [3.63, 3.8) is 0 Å². The van der Waals surface area contributed by atoms with Gasteiger partial charge in [-0.15, -0.1) is 0 Å². The minimum Gasteiger partial charge on any atom is -0.272 e. The van der Waals surface area contributed by atoms with Crippen LogP contribution in [0.15, 0.2) is 16.4 Å². The van der Waals surface area contributed by atoms with Gasteiger partial charge in [0.1, 0.15) is 0 Å². The highest BCUT2D eigenvalue weighted by Crippen LogP contribution is 2.65.